The molecular weight excluding hydrogens is 471 g/mol. The van der Waals surface area contributed by atoms with Crippen LogP contribution in [0.25, 0.3) is 0 Å². The molecule has 1 heterocycles. The highest BCUT2D eigenvalue weighted by Crippen LogP contribution is 2.10. The van der Waals surface area contributed by atoms with E-state index in [0.29, 0.717) is 25.2 Å². The third-order valence-corrected chi connectivity index (χ3v) is 3.77. The number of aliphatic imine (C=N–C) groups is 1. The number of hydrogen-bond donors (Lipinski definition) is 3. The fraction of sp³-hybridized carbons (Fsp3) is 0.421. The highest BCUT2D eigenvalue weighted by Gasteiger charge is 2.05. The molecule has 2 rings (SSSR count). The van der Waals surface area contributed by atoms with E-state index in [9.17, 15) is 4.79 Å². The zero-order chi connectivity index (χ0) is 19.3. The van der Waals surface area contributed by atoms with E-state index in [1.807, 2.05) is 23.9 Å². The van der Waals surface area contributed by atoms with Crippen LogP contribution in [0.2, 0.25) is 0 Å². The van der Waals surface area contributed by atoms with Crippen LogP contribution in [0.4, 0.5) is 0 Å². The molecule has 0 bridgehead atoms. The summed E-state index contributed by atoms with van der Waals surface area (Å²) >= 11 is 0. The maximum Gasteiger partial charge on any atom is 0.251 e. The molecule has 2 aromatic rings. The van der Waals surface area contributed by atoms with E-state index >= 15 is 0 Å². The Hall–Kier alpha value is -2.30. The molecule has 1 amide bonds. The van der Waals surface area contributed by atoms with Crippen molar-refractivity contribution >= 4 is 35.8 Å². The number of hydrogen-bond acceptors (Lipinski definition) is 4. The lowest BCUT2D eigenvalue weighted by molar-refractivity contribution is 0.0954. The minimum atomic E-state index is -0.111. The second-order valence-corrected chi connectivity index (χ2v) is 5.79. The quantitative estimate of drug-likeness (QED) is 0.201. The number of methoxy groups -OCH3 is 1. The Balaban J connectivity index is 0.00000392. The molecule has 0 radical (unpaired) electrons. The first kappa shape index (κ1) is 23.7. The molecule has 0 spiro atoms. The van der Waals surface area contributed by atoms with Gasteiger partial charge in [0.05, 0.1) is 7.11 Å². The van der Waals surface area contributed by atoms with Crippen molar-refractivity contribution in [2.75, 3.05) is 33.3 Å². The van der Waals surface area contributed by atoms with Gasteiger partial charge in [-0.3, -0.25) is 14.5 Å². The van der Waals surface area contributed by atoms with Gasteiger partial charge in [0.1, 0.15) is 5.75 Å². The average molecular weight is 500 g/mol. The van der Waals surface area contributed by atoms with Gasteiger partial charge < -0.3 is 20.7 Å². The first-order chi connectivity index (χ1) is 13.2. The molecule has 1 aromatic heterocycles. The van der Waals surface area contributed by atoms with E-state index in [4.69, 9.17) is 4.74 Å². The van der Waals surface area contributed by atoms with E-state index in [0.717, 1.165) is 31.2 Å². The van der Waals surface area contributed by atoms with E-state index in [1.165, 1.54) is 0 Å². The summed E-state index contributed by atoms with van der Waals surface area (Å²) in [5, 5.41) is 13.5. The van der Waals surface area contributed by atoms with Gasteiger partial charge in [0.2, 0.25) is 0 Å². The van der Waals surface area contributed by atoms with E-state index in [-0.39, 0.29) is 29.9 Å². The van der Waals surface area contributed by atoms with Crippen molar-refractivity contribution in [2.45, 2.75) is 19.9 Å². The number of carbonyl (C=O) groups excluding carboxylic acids is 1. The van der Waals surface area contributed by atoms with Crippen LogP contribution in [0.1, 0.15) is 23.7 Å². The number of amides is 1. The molecule has 0 aliphatic carbocycles. The van der Waals surface area contributed by atoms with Crippen LogP contribution in [-0.4, -0.2) is 54.9 Å². The lowest BCUT2D eigenvalue weighted by Gasteiger charge is -2.12. The van der Waals surface area contributed by atoms with Gasteiger partial charge in [-0.05, 0) is 43.7 Å². The van der Waals surface area contributed by atoms with Crippen LogP contribution in [0.3, 0.4) is 0 Å². The minimum absolute atomic E-state index is 0. The topological polar surface area (TPSA) is 92.6 Å². The molecule has 1 aromatic carbocycles. The molecule has 0 atom stereocenters. The molecule has 28 heavy (non-hydrogen) atoms. The van der Waals surface area contributed by atoms with Crippen LogP contribution >= 0.6 is 24.0 Å². The standard InChI is InChI=1S/C19H28N6O2.HI/c1-3-20-19(22-10-4-14-25-15-5-11-24-25)23-13-12-21-18(26)16-6-8-17(27-2)9-7-16;/h5-9,11,15H,3-4,10,12-14H2,1-2H3,(H,21,26)(H2,20,22,23);1H. The number of ether oxygens (including phenoxy) is 1. The van der Waals surface area contributed by atoms with Gasteiger partial charge in [0, 0.05) is 50.7 Å². The Morgan fingerprint density at radius 2 is 1.93 bits per heavy atom. The molecule has 0 aliphatic rings. The molecule has 3 N–H and O–H groups in total. The molecule has 154 valence electrons. The summed E-state index contributed by atoms with van der Waals surface area (Å²) < 4.78 is 6.98. The number of aryl methyl sites for hydroxylation is 1. The second-order valence-electron chi connectivity index (χ2n) is 5.79. The SMILES string of the molecule is CCNC(=NCCCn1cccn1)NCCNC(=O)c1ccc(OC)cc1.I. The van der Waals surface area contributed by atoms with Crippen LogP contribution in [0.5, 0.6) is 5.75 Å². The average Bonchev–Trinajstić information content (AvgIpc) is 3.21. The van der Waals surface area contributed by atoms with Crippen molar-refractivity contribution in [3.8, 4) is 5.75 Å². The van der Waals surface area contributed by atoms with Crippen molar-refractivity contribution in [3.05, 3.63) is 48.3 Å². The summed E-state index contributed by atoms with van der Waals surface area (Å²) in [5.74, 6) is 1.37. The lowest BCUT2D eigenvalue weighted by Crippen LogP contribution is -2.41. The highest BCUT2D eigenvalue weighted by atomic mass is 127. The van der Waals surface area contributed by atoms with Gasteiger partial charge in [-0.2, -0.15) is 5.10 Å². The van der Waals surface area contributed by atoms with Gasteiger partial charge >= 0.3 is 0 Å². The predicted octanol–water partition coefficient (Wildman–Crippen LogP) is 1.88. The summed E-state index contributed by atoms with van der Waals surface area (Å²) in [6.45, 7) is 5.44. The molecule has 0 unspecified atom stereocenters. The Morgan fingerprint density at radius 3 is 2.57 bits per heavy atom. The monoisotopic (exact) mass is 500 g/mol. The maximum atomic E-state index is 12.1. The van der Waals surface area contributed by atoms with E-state index in [1.54, 1.807) is 37.6 Å². The number of aromatic nitrogens is 2. The van der Waals surface area contributed by atoms with Crippen molar-refractivity contribution in [2.24, 2.45) is 4.99 Å². The number of nitrogens with one attached hydrogen (secondary N) is 3. The summed E-state index contributed by atoms with van der Waals surface area (Å²) in [5.41, 5.74) is 0.606. The fourth-order valence-corrected chi connectivity index (χ4v) is 2.40. The Kier molecular flexibility index (Phi) is 11.7. The van der Waals surface area contributed by atoms with Crippen LogP contribution in [0.15, 0.2) is 47.7 Å². The number of nitrogens with zero attached hydrogens (tertiary/aromatic N) is 3. The van der Waals surface area contributed by atoms with Gasteiger partial charge in [0.15, 0.2) is 5.96 Å². The highest BCUT2D eigenvalue weighted by molar-refractivity contribution is 14.0. The summed E-state index contributed by atoms with van der Waals surface area (Å²) in [7, 11) is 1.60. The lowest BCUT2D eigenvalue weighted by atomic mass is 10.2. The van der Waals surface area contributed by atoms with E-state index in [2.05, 4.69) is 26.0 Å². The van der Waals surface area contributed by atoms with Gasteiger partial charge in [-0.25, -0.2) is 0 Å². The molecule has 0 fully saturated rings. The molecule has 0 saturated heterocycles. The molecule has 0 saturated carbocycles. The van der Waals surface area contributed by atoms with Crippen molar-refractivity contribution in [3.63, 3.8) is 0 Å². The van der Waals surface area contributed by atoms with Gasteiger partial charge in [-0.15, -0.1) is 24.0 Å². The molecule has 8 nitrogen and oxygen atoms in total. The van der Waals surface area contributed by atoms with Crippen molar-refractivity contribution < 1.29 is 9.53 Å². The minimum Gasteiger partial charge on any atom is -0.497 e. The number of benzene rings is 1. The fourth-order valence-electron chi connectivity index (χ4n) is 2.40. The zero-order valence-electron chi connectivity index (χ0n) is 16.4. The van der Waals surface area contributed by atoms with E-state index < -0.39 is 0 Å². The van der Waals surface area contributed by atoms with Crippen LogP contribution < -0.4 is 20.7 Å². The third-order valence-electron chi connectivity index (χ3n) is 3.77. The van der Waals surface area contributed by atoms with Crippen LogP contribution in [-0.2, 0) is 6.54 Å². The smallest absolute Gasteiger partial charge is 0.251 e. The molecule has 0 aliphatic heterocycles. The predicted molar refractivity (Wildman–Crippen MR) is 122 cm³/mol. The zero-order valence-corrected chi connectivity index (χ0v) is 18.7. The number of rotatable bonds is 10. The first-order valence-electron chi connectivity index (χ1n) is 9.14. The first-order valence-corrected chi connectivity index (χ1v) is 9.14. The Bertz CT molecular complexity index is 704. The summed E-state index contributed by atoms with van der Waals surface area (Å²) in [6, 6.07) is 8.94. The summed E-state index contributed by atoms with van der Waals surface area (Å²) in [6.07, 6.45) is 4.63. The Labute approximate surface area is 183 Å². The van der Waals surface area contributed by atoms with Crippen molar-refractivity contribution in [1.29, 1.82) is 0 Å². The maximum absolute atomic E-state index is 12.1. The number of carbonyl (C=O) groups is 1. The normalized spacial score (nSPS) is 10.7. The van der Waals surface area contributed by atoms with Gasteiger partial charge in [0.25, 0.3) is 5.91 Å². The van der Waals surface area contributed by atoms with Crippen molar-refractivity contribution in [1.82, 2.24) is 25.7 Å². The second kappa shape index (κ2) is 13.8. The summed E-state index contributed by atoms with van der Waals surface area (Å²) in [4.78, 5) is 16.6. The third kappa shape index (κ3) is 8.59. The Morgan fingerprint density at radius 1 is 1.18 bits per heavy atom. The molecule has 9 heteroatoms. The number of halogens is 1. The van der Waals surface area contributed by atoms with Crippen LogP contribution in [0, 0.1) is 0 Å². The largest absolute Gasteiger partial charge is 0.497 e. The van der Waals surface area contributed by atoms with Gasteiger partial charge in [-0.1, -0.05) is 0 Å². The molecular formula is C19H29IN6O2. The number of guanidine groups is 1.